The van der Waals surface area contributed by atoms with Crippen LogP contribution in [0, 0.1) is 0 Å². The van der Waals surface area contributed by atoms with Gasteiger partial charge in [0.1, 0.15) is 0 Å². The summed E-state index contributed by atoms with van der Waals surface area (Å²) in [6.07, 6.45) is 0.894. The Kier molecular flexibility index (Phi) is 12.7. The molecule has 2 aliphatic heterocycles. The number of thiophene rings is 1. The number of nitrogens with zero attached hydrogens (tertiary/aromatic N) is 3. The Balaban J connectivity index is 1.25. The number of rotatable bonds is 7. The molecule has 3 nitrogen and oxygen atoms in total. The highest BCUT2D eigenvalue weighted by molar-refractivity contribution is 7.33. The van der Waals surface area contributed by atoms with Crippen molar-refractivity contribution in [2.24, 2.45) is 0 Å². The topological polar surface area (TPSA) is 9.72 Å². The monoisotopic (exact) mass is 1030 g/mol. The molecular weight excluding hydrogens is 950 g/mol. The largest absolute Gasteiger partial charge is 0.311 e. The summed E-state index contributed by atoms with van der Waals surface area (Å²) in [6, 6.07) is 66.1. The Morgan fingerprint density at radius 3 is 1.44 bits per heavy atom. The molecule has 2 aliphatic rings. The van der Waals surface area contributed by atoms with Crippen LogP contribution in [0.4, 0.5) is 51.2 Å². The van der Waals surface area contributed by atoms with Crippen molar-refractivity contribution in [3.05, 3.63) is 203 Å². The number of hydrogen-bond acceptors (Lipinski definition) is 4. The normalized spacial score (nSPS) is 13.7. The first kappa shape index (κ1) is 52.2. The maximum Gasteiger partial charge on any atom is 0.264 e. The van der Waals surface area contributed by atoms with Gasteiger partial charge in [-0.15, -0.1) is 11.3 Å². The van der Waals surface area contributed by atoms with Gasteiger partial charge in [-0.1, -0.05) is 196 Å². The Labute approximate surface area is 465 Å². The third kappa shape index (κ3) is 9.41. The van der Waals surface area contributed by atoms with Crippen LogP contribution < -0.4 is 30.4 Å². The maximum absolute atomic E-state index is 2.66. The van der Waals surface area contributed by atoms with Crippen molar-refractivity contribution in [2.45, 2.75) is 144 Å². The van der Waals surface area contributed by atoms with E-state index in [1.165, 1.54) is 104 Å². The molecule has 9 aromatic rings. The van der Waals surface area contributed by atoms with Crippen molar-refractivity contribution in [1.29, 1.82) is 0 Å². The van der Waals surface area contributed by atoms with Crippen LogP contribution in [0.2, 0.25) is 0 Å². The first-order valence-electron chi connectivity index (χ1n) is 28.1. The fourth-order valence-electron chi connectivity index (χ4n) is 11.7. The van der Waals surface area contributed by atoms with Gasteiger partial charge in [0.25, 0.3) is 6.71 Å². The summed E-state index contributed by atoms with van der Waals surface area (Å²) in [5.41, 5.74) is 23.8. The molecule has 3 heterocycles. The van der Waals surface area contributed by atoms with Gasteiger partial charge in [0.2, 0.25) is 0 Å². The first-order chi connectivity index (χ1) is 36.3. The molecule has 0 saturated carbocycles. The molecule has 0 N–H and O–H groups in total. The van der Waals surface area contributed by atoms with E-state index >= 15 is 0 Å². The molecule has 0 unspecified atom stereocenters. The predicted molar refractivity (Wildman–Crippen MR) is 339 cm³/mol. The zero-order valence-corrected chi connectivity index (χ0v) is 49.5. The third-order valence-electron chi connectivity index (χ3n) is 16.4. The summed E-state index contributed by atoms with van der Waals surface area (Å²) in [6.45, 7) is 37.0. The Bertz CT molecular complexity index is 3620. The standard InChI is InChI=1S/C72H78BN3S/c1-17-46-41-62-65-63(42-46)76(60-39-29-51(71(11,12)13)43-57(60)47-21-19-18-20-22-47)61-45-56(74(53-31-23-48(24-32-53)68(2,3)4)54-33-25-49(26-34-54)69(5,6)7)37-38-59(61)73(65)67-66(58-44-52(72(14,15)16)30-40-64(58)77-67)75(62)55-35-27-50(28-36-55)70(8,9)10/h18-45H,17H2,1-16H3. The summed E-state index contributed by atoms with van der Waals surface area (Å²) in [4.78, 5) is 7.77. The van der Waals surface area contributed by atoms with Gasteiger partial charge in [-0.05, 0) is 168 Å². The van der Waals surface area contributed by atoms with Crippen molar-refractivity contribution >= 4 is 95.0 Å². The quantitative estimate of drug-likeness (QED) is 0.147. The molecule has 390 valence electrons. The highest BCUT2D eigenvalue weighted by Gasteiger charge is 2.46. The zero-order chi connectivity index (χ0) is 54.7. The van der Waals surface area contributed by atoms with Crippen molar-refractivity contribution in [3.63, 3.8) is 0 Å². The van der Waals surface area contributed by atoms with E-state index in [9.17, 15) is 0 Å². The van der Waals surface area contributed by atoms with Crippen molar-refractivity contribution in [2.75, 3.05) is 14.7 Å². The molecule has 0 saturated heterocycles. The van der Waals surface area contributed by atoms with E-state index < -0.39 is 0 Å². The van der Waals surface area contributed by atoms with E-state index in [1.54, 1.807) is 0 Å². The summed E-state index contributed by atoms with van der Waals surface area (Å²) >= 11 is 1.98. The van der Waals surface area contributed by atoms with Crippen LogP contribution in [0.1, 0.15) is 144 Å². The van der Waals surface area contributed by atoms with Crippen LogP contribution in [0.5, 0.6) is 0 Å². The average molecular weight is 1030 g/mol. The summed E-state index contributed by atoms with van der Waals surface area (Å²) in [5, 5.41) is 1.32. The fraction of sp³-hybridized carbons (Fsp3) is 0.306. The molecule has 11 rings (SSSR count). The minimum Gasteiger partial charge on any atom is -0.311 e. The number of fused-ring (bicyclic) bond motifs is 6. The van der Waals surface area contributed by atoms with Crippen LogP contribution in [-0.2, 0) is 33.5 Å². The van der Waals surface area contributed by atoms with Crippen LogP contribution in [0.25, 0.3) is 21.2 Å². The summed E-state index contributed by atoms with van der Waals surface area (Å²) < 4.78 is 2.70. The van der Waals surface area contributed by atoms with Gasteiger partial charge in [0, 0.05) is 60.2 Å². The van der Waals surface area contributed by atoms with Crippen LogP contribution in [0.15, 0.2) is 170 Å². The SMILES string of the molecule is CCc1cc2c3c(c1)N(c1ccc(C(C)(C)C)cc1)c1c(sc4ccc(C(C)(C)C)cc14)B3c1ccc(N(c3ccc(C(C)(C)C)cc3)c3ccc(C(C)(C)C)cc3)cc1N2c1ccc(C(C)(C)C)cc1-c1ccccc1. The van der Waals surface area contributed by atoms with Gasteiger partial charge in [0.05, 0.1) is 11.4 Å². The van der Waals surface area contributed by atoms with Gasteiger partial charge < -0.3 is 14.7 Å². The molecule has 0 aliphatic carbocycles. The van der Waals surface area contributed by atoms with Crippen LogP contribution in [0.3, 0.4) is 0 Å². The zero-order valence-electron chi connectivity index (χ0n) is 48.7. The lowest BCUT2D eigenvalue weighted by Crippen LogP contribution is -2.60. The number of aryl methyl sites for hydroxylation is 1. The maximum atomic E-state index is 2.66. The van der Waals surface area contributed by atoms with E-state index in [2.05, 4.69) is 295 Å². The first-order valence-corrected chi connectivity index (χ1v) is 28.9. The molecule has 0 bridgehead atoms. The smallest absolute Gasteiger partial charge is 0.264 e. The lowest BCUT2D eigenvalue weighted by atomic mass is 9.36. The molecule has 0 atom stereocenters. The van der Waals surface area contributed by atoms with E-state index in [4.69, 9.17) is 0 Å². The lowest BCUT2D eigenvalue weighted by Gasteiger charge is -2.44. The minimum atomic E-state index is -0.0551. The second-order valence-electron chi connectivity index (χ2n) is 27.1. The van der Waals surface area contributed by atoms with Gasteiger partial charge in [-0.2, -0.15) is 0 Å². The number of hydrogen-bond donors (Lipinski definition) is 0. The Morgan fingerprint density at radius 1 is 0.429 bits per heavy atom. The third-order valence-corrected chi connectivity index (χ3v) is 17.6. The molecule has 8 aromatic carbocycles. The molecule has 77 heavy (non-hydrogen) atoms. The van der Waals surface area contributed by atoms with E-state index in [-0.39, 0.29) is 33.8 Å². The van der Waals surface area contributed by atoms with E-state index in [1.807, 2.05) is 11.3 Å². The molecule has 1 aromatic heterocycles. The van der Waals surface area contributed by atoms with Crippen LogP contribution >= 0.6 is 11.3 Å². The minimum absolute atomic E-state index is 0.0172. The number of benzene rings is 8. The van der Waals surface area contributed by atoms with Gasteiger partial charge in [-0.3, -0.25) is 0 Å². The Morgan fingerprint density at radius 2 is 0.909 bits per heavy atom. The highest BCUT2D eigenvalue weighted by Crippen LogP contribution is 2.52. The lowest BCUT2D eigenvalue weighted by molar-refractivity contribution is 0.590. The van der Waals surface area contributed by atoms with Gasteiger partial charge in [0.15, 0.2) is 0 Å². The van der Waals surface area contributed by atoms with Crippen molar-refractivity contribution in [3.8, 4) is 11.1 Å². The van der Waals surface area contributed by atoms with E-state index in [0.717, 1.165) is 23.5 Å². The van der Waals surface area contributed by atoms with E-state index in [0.29, 0.717) is 0 Å². The second-order valence-corrected chi connectivity index (χ2v) is 28.2. The molecule has 0 spiro atoms. The van der Waals surface area contributed by atoms with Gasteiger partial charge >= 0.3 is 0 Å². The molecule has 5 heteroatoms. The highest BCUT2D eigenvalue weighted by atomic mass is 32.1. The molecule has 0 fully saturated rings. The van der Waals surface area contributed by atoms with Gasteiger partial charge in [-0.25, -0.2) is 0 Å². The van der Waals surface area contributed by atoms with Crippen LogP contribution in [-0.4, -0.2) is 6.71 Å². The molecule has 0 radical (unpaired) electrons. The van der Waals surface area contributed by atoms with Crippen molar-refractivity contribution < 1.29 is 0 Å². The molecule has 0 amide bonds. The average Bonchev–Trinajstić information content (AvgIpc) is 3.87. The second kappa shape index (κ2) is 18.7. The van der Waals surface area contributed by atoms with Crippen molar-refractivity contribution in [1.82, 2.24) is 0 Å². The molecular formula is C72H78BN3S. The Hall–Kier alpha value is -6.82. The predicted octanol–water partition coefficient (Wildman–Crippen LogP) is 19.2. The summed E-state index contributed by atoms with van der Waals surface area (Å²) in [5.74, 6) is 0. The fourth-order valence-corrected chi connectivity index (χ4v) is 13.0. The number of anilines is 9. The summed E-state index contributed by atoms with van der Waals surface area (Å²) in [7, 11) is 0.